The number of halogens is 2. The first-order valence-electron chi connectivity index (χ1n) is 9.91. The maximum atomic E-state index is 13.2. The molecular weight excluding hydrogens is 433 g/mol. The van der Waals surface area contributed by atoms with Crippen molar-refractivity contribution in [3.05, 3.63) is 88.0 Å². The van der Waals surface area contributed by atoms with Crippen molar-refractivity contribution in [2.45, 2.75) is 25.4 Å². The van der Waals surface area contributed by atoms with Gasteiger partial charge in [-0.3, -0.25) is 4.79 Å². The Morgan fingerprint density at radius 1 is 1.26 bits per heavy atom. The normalized spacial score (nSPS) is 15.2. The molecule has 6 nitrogen and oxygen atoms in total. The molecule has 1 aliphatic rings. The van der Waals surface area contributed by atoms with E-state index >= 15 is 0 Å². The Balaban J connectivity index is 0.00000272. The number of nitriles is 1. The van der Waals surface area contributed by atoms with E-state index in [0.717, 1.165) is 36.6 Å². The van der Waals surface area contributed by atoms with Gasteiger partial charge in [0.15, 0.2) is 0 Å². The predicted octanol–water partition coefficient (Wildman–Crippen LogP) is 3.95. The molecule has 2 N–H and O–H groups in total. The van der Waals surface area contributed by atoms with E-state index in [1.165, 1.54) is 0 Å². The number of aromatic amines is 1. The van der Waals surface area contributed by atoms with Crippen LogP contribution in [0.25, 0.3) is 0 Å². The lowest BCUT2D eigenvalue weighted by Gasteiger charge is -2.28. The molecule has 0 saturated carbocycles. The first-order valence-corrected chi connectivity index (χ1v) is 10.3. The summed E-state index contributed by atoms with van der Waals surface area (Å²) in [4.78, 5) is 22.9. The number of amides is 1. The molecule has 4 rings (SSSR count). The summed E-state index contributed by atoms with van der Waals surface area (Å²) in [5, 5.41) is 12.8. The van der Waals surface area contributed by atoms with Crippen LogP contribution in [0, 0.1) is 11.3 Å². The zero-order valence-corrected chi connectivity index (χ0v) is 18.4. The fraction of sp³-hybridized carbons (Fsp3) is 0.261. The van der Waals surface area contributed by atoms with Crippen LogP contribution in [0.1, 0.15) is 39.4 Å². The summed E-state index contributed by atoms with van der Waals surface area (Å²) in [5.74, 6) is 0.795. The van der Waals surface area contributed by atoms with Gasteiger partial charge in [-0.1, -0.05) is 29.8 Å². The van der Waals surface area contributed by atoms with Crippen molar-refractivity contribution in [1.82, 2.24) is 20.2 Å². The van der Waals surface area contributed by atoms with Gasteiger partial charge in [-0.05, 0) is 48.9 Å². The Morgan fingerprint density at radius 2 is 2.06 bits per heavy atom. The Labute approximate surface area is 192 Å². The first kappa shape index (κ1) is 22.8. The summed E-state index contributed by atoms with van der Waals surface area (Å²) < 4.78 is 0. The van der Waals surface area contributed by atoms with Crippen LogP contribution in [-0.4, -0.2) is 39.9 Å². The average molecular weight is 456 g/mol. The number of nitrogens with one attached hydrogen (secondary N) is 2. The van der Waals surface area contributed by atoms with Crippen molar-refractivity contribution in [1.29, 1.82) is 5.26 Å². The molecule has 1 aromatic heterocycles. The van der Waals surface area contributed by atoms with Crippen LogP contribution in [-0.2, 0) is 13.0 Å². The smallest absolute Gasteiger partial charge is 0.254 e. The van der Waals surface area contributed by atoms with E-state index in [-0.39, 0.29) is 24.4 Å². The fourth-order valence-electron chi connectivity index (χ4n) is 3.71. The lowest BCUT2D eigenvalue weighted by Crippen LogP contribution is -2.41. The van der Waals surface area contributed by atoms with Gasteiger partial charge in [-0.25, -0.2) is 4.98 Å². The SMILES string of the molecule is Cl.N#Cc1ccc(Cc2ncc(CN(C(=O)c3cccc(Cl)c3)C3CCNC3)[nH]2)cc1. The molecule has 0 radical (unpaired) electrons. The van der Waals surface area contributed by atoms with Crippen LogP contribution in [0.3, 0.4) is 0 Å². The van der Waals surface area contributed by atoms with E-state index in [1.807, 2.05) is 17.0 Å². The Bertz CT molecular complexity index is 1070. The van der Waals surface area contributed by atoms with Crippen LogP contribution in [0.15, 0.2) is 54.7 Å². The summed E-state index contributed by atoms with van der Waals surface area (Å²) in [6, 6.07) is 16.8. The van der Waals surface area contributed by atoms with Crippen molar-refractivity contribution in [3.63, 3.8) is 0 Å². The first-order chi connectivity index (χ1) is 14.6. The number of hydrogen-bond acceptors (Lipinski definition) is 4. The number of carbonyl (C=O) groups excluding carboxylic acids is 1. The van der Waals surface area contributed by atoms with Crippen LogP contribution in [0.5, 0.6) is 0 Å². The van der Waals surface area contributed by atoms with Crippen molar-refractivity contribution in [2.24, 2.45) is 0 Å². The second-order valence-corrected chi connectivity index (χ2v) is 7.87. The van der Waals surface area contributed by atoms with Crippen LogP contribution in [0.2, 0.25) is 5.02 Å². The van der Waals surface area contributed by atoms with E-state index < -0.39 is 0 Å². The minimum atomic E-state index is -0.0329. The molecule has 1 amide bonds. The molecule has 1 aliphatic heterocycles. The zero-order valence-electron chi connectivity index (χ0n) is 16.8. The molecule has 31 heavy (non-hydrogen) atoms. The summed E-state index contributed by atoms with van der Waals surface area (Å²) >= 11 is 6.10. The van der Waals surface area contributed by atoms with Gasteiger partial charge < -0.3 is 15.2 Å². The topological polar surface area (TPSA) is 84.8 Å². The monoisotopic (exact) mass is 455 g/mol. The Morgan fingerprint density at radius 3 is 2.74 bits per heavy atom. The van der Waals surface area contributed by atoms with Gasteiger partial charge in [0.25, 0.3) is 5.91 Å². The van der Waals surface area contributed by atoms with Gasteiger partial charge in [-0.15, -0.1) is 12.4 Å². The molecule has 2 aromatic carbocycles. The lowest BCUT2D eigenvalue weighted by atomic mass is 10.1. The van der Waals surface area contributed by atoms with E-state index in [2.05, 4.69) is 21.4 Å². The van der Waals surface area contributed by atoms with Crippen LogP contribution in [0.4, 0.5) is 0 Å². The Kier molecular flexibility index (Phi) is 7.69. The fourth-order valence-corrected chi connectivity index (χ4v) is 3.90. The summed E-state index contributed by atoms with van der Waals surface area (Å²) in [6.45, 7) is 2.13. The highest BCUT2D eigenvalue weighted by Crippen LogP contribution is 2.19. The van der Waals surface area contributed by atoms with Gasteiger partial charge in [0, 0.05) is 29.6 Å². The molecule has 0 aliphatic carbocycles. The molecule has 8 heteroatoms. The average Bonchev–Trinajstić information content (AvgIpc) is 3.44. The molecule has 1 atom stereocenters. The van der Waals surface area contributed by atoms with Gasteiger partial charge in [0.2, 0.25) is 0 Å². The molecule has 2 heterocycles. The third-order valence-electron chi connectivity index (χ3n) is 5.28. The number of rotatable bonds is 6. The molecule has 0 bridgehead atoms. The largest absolute Gasteiger partial charge is 0.344 e. The minimum absolute atomic E-state index is 0. The van der Waals surface area contributed by atoms with Crippen molar-refractivity contribution in [3.8, 4) is 6.07 Å². The van der Waals surface area contributed by atoms with Gasteiger partial charge >= 0.3 is 0 Å². The molecule has 1 saturated heterocycles. The zero-order chi connectivity index (χ0) is 20.9. The summed E-state index contributed by atoms with van der Waals surface area (Å²) in [6.07, 6.45) is 3.34. The molecule has 0 spiro atoms. The summed E-state index contributed by atoms with van der Waals surface area (Å²) in [5.41, 5.74) is 3.19. The predicted molar refractivity (Wildman–Crippen MR) is 122 cm³/mol. The van der Waals surface area contributed by atoms with E-state index in [4.69, 9.17) is 16.9 Å². The van der Waals surface area contributed by atoms with Gasteiger partial charge in [0.05, 0.1) is 30.1 Å². The number of aromatic nitrogens is 2. The lowest BCUT2D eigenvalue weighted by molar-refractivity contribution is 0.0673. The highest BCUT2D eigenvalue weighted by atomic mass is 35.5. The third-order valence-corrected chi connectivity index (χ3v) is 5.52. The van der Waals surface area contributed by atoms with Crippen molar-refractivity contribution in [2.75, 3.05) is 13.1 Å². The number of nitrogens with zero attached hydrogens (tertiary/aromatic N) is 3. The second-order valence-electron chi connectivity index (χ2n) is 7.43. The van der Waals surface area contributed by atoms with Crippen molar-refractivity contribution < 1.29 is 4.79 Å². The molecule has 1 fully saturated rings. The number of carbonyl (C=O) groups is 1. The maximum absolute atomic E-state index is 13.2. The third kappa shape index (κ3) is 5.65. The number of H-pyrrole nitrogens is 1. The Hall–Kier alpha value is -2.85. The quantitative estimate of drug-likeness (QED) is 0.588. The number of benzene rings is 2. The van der Waals surface area contributed by atoms with Crippen molar-refractivity contribution >= 4 is 29.9 Å². The minimum Gasteiger partial charge on any atom is -0.344 e. The van der Waals surface area contributed by atoms with Crippen LogP contribution < -0.4 is 5.32 Å². The number of imidazole rings is 1. The van der Waals surface area contributed by atoms with Gasteiger partial charge in [-0.2, -0.15) is 5.26 Å². The molecule has 1 unspecified atom stereocenters. The highest BCUT2D eigenvalue weighted by Gasteiger charge is 2.28. The highest BCUT2D eigenvalue weighted by molar-refractivity contribution is 6.30. The molecular formula is C23H23Cl2N5O. The summed E-state index contributed by atoms with van der Waals surface area (Å²) in [7, 11) is 0. The van der Waals surface area contributed by atoms with Crippen LogP contribution >= 0.6 is 24.0 Å². The van der Waals surface area contributed by atoms with E-state index in [0.29, 0.717) is 29.1 Å². The second kappa shape index (κ2) is 10.5. The molecule has 3 aromatic rings. The standard InChI is InChI=1S/C23H22ClN5O.ClH/c24-19-3-1-2-18(11-19)23(30)29(21-8-9-26-14-21)15-20-13-27-22(28-20)10-16-4-6-17(12-25)7-5-16;/h1-7,11,13,21,26H,8-10,14-15H2,(H,27,28);1H. The van der Waals surface area contributed by atoms with E-state index in [1.54, 1.807) is 42.6 Å². The molecule has 160 valence electrons. The number of hydrogen-bond donors (Lipinski definition) is 2. The van der Waals surface area contributed by atoms with Gasteiger partial charge in [0.1, 0.15) is 5.82 Å². The van der Waals surface area contributed by atoms with E-state index in [9.17, 15) is 4.79 Å². The maximum Gasteiger partial charge on any atom is 0.254 e.